The van der Waals surface area contributed by atoms with Gasteiger partial charge in [-0.2, -0.15) is 0 Å². The Morgan fingerprint density at radius 2 is 2.23 bits per heavy atom. The fourth-order valence-corrected chi connectivity index (χ4v) is 2.55. The summed E-state index contributed by atoms with van der Waals surface area (Å²) < 4.78 is 18.9. The first-order valence-electron chi connectivity index (χ1n) is 6.83. The van der Waals surface area contributed by atoms with Crippen LogP contribution in [0.15, 0.2) is 36.0 Å². The number of carboxylic acids is 1. The Hall–Kier alpha value is -2.69. The number of hydrogen-bond acceptors (Lipinski definition) is 3. The van der Waals surface area contributed by atoms with Crippen LogP contribution in [-0.4, -0.2) is 22.7 Å². The van der Waals surface area contributed by atoms with Crippen LogP contribution in [0, 0.1) is 12.7 Å². The van der Waals surface area contributed by atoms with Gasteiger partial charge in [-0.1, -0.05) is 0 Å². The lowest BCUT2D eigenvalue weighted by molar-refractivity contribution is 0.0695. The first kappa shape index (κ1) is 14.3. The van der Waals surface area contributed by atoms with E-state index in [1.807, 2.05) is 6.08 Å². The maximum Gasteiger partial charge on any atom is 0.336 e. The standard InChI is InChI=1S/C17H14FNO3/c1-10-4-12(18)8-13(5-10)22-9-11-6-15-14(17(20)21)2-3-19-16(15)7-11/h2-5,7-8H,6,9H2,1H3,(H,20,21). The Kier molecular flexibility index (Phi) is 3.63. The van der Waals surface area contributed by atoms with E-state index in [-0.39, 0.29) is 18.0 Å². The molecule has 2 aromatic rings. The molecular weight excluding hydrogens is 285 g/mol. The van der Waals surface area contributed by atoms with E-state index in [1.54, 1.807) is 13.0 Å². The molecule has 0 spiro atoms. The zero-order valence-corrected chi connectivity index (χ0v) is 12.0. The van der Waals surface area contributed by atoms with Crippen molar-refractivity contribution in [2.75, 3.05) is 6.61 Å². The summed E-state index contributed by atoms with van der Waals surface area (Å²) in [6.45, 7) is 2.07. The molecule has 0 radical (unpaired) electrons. The number of aromatic carboxylic acids is 1. The highest BCUT2D eigenvalue weighted by Gasteiger charge is 2.20. The summed E-state index contributed by atoms with van der Waals surface area (Å²) in [4.78, 5) is 15.4. The fraction of sp³-hybridized carbons (Fsp3) is 0.176. The lowest BCUT2D eigenvalue weighted by Gasteiger charge is -2.08. The van der Waals surface area contributed by atoms with Gasteiger partial charge in [-0.15, -0.1) is 0 Å². The summed E-state index contributed by atoms with van der Waals surface area (Å²) in [7, 11) is 0. The topological polar surface area (TPSA) is 59.4 Å². The number of halogens is 1. The predicted octanol–water partition coefficient (Wildman–Crippen LogP) is 3.25. The first-order valence-corrected chi connectivity index (χ1v) is 6.83. The molecule has 4 nitrogen and oxygen atoms in total. The van der Waals surface area contributed by atoms with Gasteiger partial charge in [0.15, 0.2) is 0 Å². The van der Waals surface area contributed by atoms with Gasteiger partial charge in [0, 0.05) is 18.7 Å². The van der Waals surface area contributed by atoms with Crippen LogP contribution in [0.5, 0.6) is 5.75 Å². The minimum absolute atomic E-state index is 0.262. The molecule has 0 amide bonds. The number of aryl methyl sites for hydroxylation is 1. The number of carbonyl (C=O) groups is 1. The Bertz CT molecular complexity index is 763. The maximum atomic E-state index is 13.3. The summed E-state index contributed by atoms with van der Waals surface area (Å²) in [6, 6.07) is 6.01. The Labute approximate surface area is 126 Å². The third kappa shape index (κ3) is 2.83. The quantitative estimate of drug-likeness (QED) is 0.941. The zero-order valence-electron chi connectivity index (χ0n) is 12.0. The number of aromatic nitrogens is 1. The van der Waals surface area contributed by atoms with Crippen LogP contribution in [-0.2, 0) is 6.42 Å². The summed E-state index contributed by atoms with van der Waals surface area (Å²) in [5.41, 5.74) is 3.32. The van der Waals surface area contributed by atoms with E-state index in [1.165, 1.54) is 24.4 Å². The lowest BCUT2D eigenvalue weighted by Crippen LogP contribution is -2.05. The molecule has 1 aliphatic rings. The lowest BCUT2D eigenvalue weighted by atomic mass is 10.1. The van der Waals surface area contributed by atoms with Crippen LogP contribution in [0.25, 0.3) is 6.08 Å². The number of ether oxygens (including phenoxy) is 1. The fourth-order valence-electron chi connectivity index (χ4n) is 2.55. The van der Waals surface area contributed by atoms with Gasteiger partial charge in [0.05, 0.1) is 11.3 Å². The van der Waals surface area contributed by atoms with Gasteiger partial charge in [-0.25, -0.2) is 9.18 Å². The average Bonchev–Trinajstić information content (AvgIpc) is 2.86. The smallest absolute Gasteiger partial charge is 0.336 e. The Balaban J connectivity index is 1.74. The first-order chi connectivity index (χ1) is 10.5. The molecule has 1 aromatic carbocycles. The number of carboxylic acid groups (broad SMARTS) is 1. The molecule has 1 aromatic heterocycles. The number of hydrogen-bond donors (Lipinski definition) is 1. The van der Waals surface area contributed by atoms with Crippen molar-refractivity contribution in [3.8, 4) is 5.75 Å². The van der Waals surface area contributed by atoms with Crippen molar-refractivity contribution >= 4 is 12.0 Å². The minimum atomic E-state index is -0.963. The summed E-state index contributed by atoms with van der Waals surface area (Å²) in [5, 5.41) is 9.18. The highest BCUT2D eigenvalue weighted by molar-refractivity contribution is 5.91. The van der Waals surface area contributed by atoms with Crippen molar-refractivity contribution < 1.29 is 19.0 Å². The molecule has 0 saturated carbocycles. The third-order valence-electron chi connectivity index (χ3n) is 3.50. The molecule has 0 aliphatic heterocycles. The number of benzene rings is 1. The van der Waals surface area contributed by atoms with Gasteiger partial charge in [-0.05, 0) is 47.9 Å². The van der Waals surface area contributed by atoms with Crippen molar-refractivity contribution in [1.82, 2.24) is 4.98 Å². The van der Waals surface area contributed by atoms with Crippen LogP contribution < -0.4 is 4.74 Å². The third-order valence-corrected chi connectivity index (χ3v) is 3.50. The SMILES string of the molecule is Cc1cc(F)cc(OCC2=Cc3nccc(C(=O)O)c3C2)c1. The van der Waals surface area contributed by atoms with Crippen molar-refractivity contribution in [2.24, 2.45) is 0 Å². The van der Waals surface area contributed by atoms with Crippen molar-refractivity contribution in [1.29, 1.82) is 0 Å². The van der Waals surface area contributed by atoms with Crippen LogP contribution in [0.3, 0.4) is 0 Å². The van der Waals surface area contributed by atoms with Gasteiger partial charge < -0.3 is 9.84 Å². The van der Waals surface area contributed by atoms with E-state index in [9.17, 15) is 14.3 Å². The normalized spacial score (nSPS) is 12.7. The van der Waals surface area contributed by atoms with Crippen LogP contribution >= 0.6 is 0 Å². The number of rotatable bonds is 4. The van der Waals surface area contributed by atoms with Gasteiger partial charge in [0.1, 0.15) is 18.2 Å². The van der Waals surface area contributed by atoms with E-state index in [0.717, 1.165) is 11.1 Å². The molecule has 3 rings (SSSR count). The van der Waals surface area contributed by atoms with Crippen molar-refractivity contribution in [2.45, 2.75) is 13.3 Å². The van der Waals surface area contributed by atoms with Crippen LogP contribution in [0.4, 0.5) is 4.39 Å². The molecule has 0 fully saturated rings. The highest BCUT2D eigenvalue weighted by Crippen LogP contribution is 2.27. The molecular formula is C17H14FNO3. The molecule has 0 unspecified atom stereocenters. The molecule has 0 bridgehead atoms. The van der Waals surface area contributed by atoms with E-state index >= 15 is 0 Å². The van der Waals surface area contributed by atoms with Crippen molar-refractivity contribution in [3.05, 3.63) is 64.2 Å². The van der Waals surface area contributed by atoms with E-state index in [2.05, 4.69) is 4.98 Å². The molecule has 1 N–H and O–H groups in total. The van der Waals surface area contributed by atoms with E-state index in [4.69, 9.17) is 4.74 Å². The summed E-state index contributed by atoms with van der Waals surface area (Å²) in [5.74, 6) is -0.843. The van der Waals surface area contributed by atoms with E-state index in [0.29, 0.717) is 23.4 Å². The highest BCUT2D eigenvalue weighted by atomic mass is 19.1. The van der Waals surface area contributed by atoms with Crippen LogP contribution in [0.2, 0.25) is 0 Å². The monoisotopic (exact) mass is 299 g/mol. The zero-order chi connectivity index (χ0) is 15.7. The predicted molar refractivity (Wildman–Crippen MR) is 79.5 cm³/mol. The average molecular weight is 299 g/mol. The molecule has 5 heteroatoms. The number of pyridine rings is 1. The number of nitrogens with zero attached hydrogens (tertiary/aromatic N) is 1. The van der Waals surface area contributed by atoms with Crippen molar-refractivity contribution in [3.63, 3.8) is 0 Å². The van der Waals surface area contributed by atoms with Crippen LogP contribution in [0.1, 0.15) is 27.2 Å². The molecule has 112 valence electrons. The Morgan fingerprint density at radius 1 is 1.41 bits per heavy atom. The second kappa shape index (κ2) is 5.60. The molecule has 0 saturated heterocycles. The number of fused-ring (bicyclic) bond motifs is 1. The van der Waals surface area contributed by atoms with Gasteiger partial charge in [0.2, 0.25) is 0 Å². The molecule has 1 heterocycles. The Morgan fingerprint density at radius 3 is 2.95 bits per heavy atom. The second-order valence-electron chi connectivity index (χ2n) is 5.26. The van der Waals surface area contributed by atoms with Gasteiger partial charge >= 0.3 is 5.97 Å². The van der Waals surface area contributed by atoms with E-state index < -0.39 is 5.97 Å². The summed E-state index contributed by atoms with van der Waals surface area (Å²) in [6.07, 6.45) is 3.80. The summed E-state index contributed by atoms with van der Waals surface area (Å²) >= 11 is 0. The van der Waals surface area contributed by atoms with Gasteiger partial charge in [-0.3, -0.25) is 4.98 Å². The largest absolute Gasteiger partial charge is 0.489 e. The maximum absolute atomic E-state index is 13.3. The molecule has 0 atom stereocenters. The second-order valence-corrected chi connectivity index (χ2v) is 5.26. The minimum Gasteiger partial charge on any atom is -0.489 e. The van der Waals surface area contributed by atoms with Gasteiger partial charge in [0.25, 0.3) is 0 Å². The molecule has 22 heavy (non-hydrogen) atoms. The molecule has 1 aliphatic carbocycles.